The Morgan fingerprint density at radius 2 is 2.32 bits per heavy atom. The van der Waals surface area contributed by atoms with Crippen LogP contribution in [0.1, 0.15) is 42.5 Å². The topological polar surface area (TPSA) is 24.9 Å². The first kappa shape index (κ1) is 15.4. The predicted molar refractivity (Wildman–Crippen MR) is 97.0 cm³/mol. The van der Waals surface area contributed by atoms with Gasteiger partial charge in [-0.15, -0.1) is 17.3 Å². The molecule has 0 aromatic carbocycles. The number of rotatable bonds is 3. The van der Waals surface area contributed by atoms with E-state index >= 15 is 0 Å². The minimum Gasteiger partial charge on any atom is -0.373 e. The number of hydrogen-bond donors (Lipinski definition) is 1. The normalized spacial score (nSPS) is 17.3. The van der Waals surface area contributed by atoms with Crippen molar-refractivity contribution in [3.05, 3.63) is 33.8 Å². The highest BCUT2D eigenvalue weighted by molar-refractivity contribution is 7.20. The number of aromatic nitrogens is 1. The van der Waals surface area contributed by atoms with Gasteiger partial charge < -0.3 is 5.32 Å². The van der Waals surface area contributed by atoms with Gasteiger partial charge >= 0.3 is 0 Å². The Morgan fingerprint density at radius 1 is 1.45 bits per heavy atom. The first-order valence-corrected chi connectivity index (χ1v) is 8.78. The van der Waals surface area contributed by atoms with Crippen LogP contribution < -0.4 is 5.32 Å². The summed E-state index contributed by atoms with van der Waals surface area (Å²) in [6.07, 6.45) is 8.11. The highest BCUT2D eigenvalue weighted by atomic mass is 35.5. The zero-order valence-corrected chi connectivity index (χ0v) is 14.4. The van der Waals surface area contributed by atoms with Gasteiger partial charge in [0.05, 0.1) is 22.4 Å². The number of fused-ring (bicyclic) bond motifs is 1. The number of aryl methyl sites for hydroxylation is 1. The summed E-state index contributed by atoms with van der Waals surface area (Å²) in [4.78, 5) is 6.02. The molecule has 0 fully saturated rings. The van der Waals surface area contributed by atoms with Crippen molar-refractivity contribution in [1.29, 1.82) is 0 Å². The van der Waals surface area contributed by atoms with E-state index in [4.69, 9.17) is 11.6 Å². The van der Waals surface area contributed by atoms with Gasteiger partial charge in [0.1, 0.15) is 5.15 Å². The summed E-state index contributed by atoms with van der Waals surface area (Å²) < 4.78 is 1.20. The SMILES string of the molecule is CC#CCNc1cc(Cl)nc2c(C)c(C3CC=CCC3)sc12. The van der Waals surface area contributed by atoms with E-state index in [1.807, 2.05) is 24.3 Å². The number of anilines is 1. The van der Waals surface area contributed by atoms with Crippen LogP contribution in [0.2, 0.25) is 5.15 Å². The fraction of sp³-hybridized carbons (Fsp3) is 0.389. The number of hydrogen-bond acceptors (Lipinski definition) is 3. The molecule has 1 aliphatic carbocycles. The summed E-state index contributed by atoms with van der Waals surface area (Å²) in [5, 5.41) is 3.91. The highest BCUT2D eigenvalue weighted by Crippen LogP contribution is 2.42. The Hall–Kier alpha value is -1.50. The first-order valence-electron chi connectivity index (χ1n) is 7.58. The zero-order chi connectivity index (χ0) is 15.5. The van der Waals surface area contributed by atoms with Crippen LogP contribution in [0.5, 0.6) is 0 Å². The van der Waals surface area contributed by atoms with Crippen LogP contribution in [-0.2, 0) is 0 Å². The monoisotopic (exact) mass is 330 g/mol. The van der Waals surface area contributed by atoms with Crippen molar-refractivity contribution in [1.82, 2.24) is 4.98 Å². The molecule has 0 amide bonds. The third-order valence-corrected chi connectivity index (χ3v) is 5.73. The van der Waals surface area contributed by atoms with Gasteiger partial charge in [0.2, 0.25) is 0 Å². The van der Waals surface area contributed by atoms with Gasteiger partial charge in [-0.05, 0) is 44.6 Å². The van der Waals surface area contributed by atoms with Crippen molar-refractivity contribution in [3.8, 4) is 11.8 Å². The predicted octanol–water partition coefficient (Wildman–Crippen LogP) is 5.52. The molecule has 2 aromatic rings. The molecule has 2 aromatic heterocycles. The number of allylic oxidation sites excluding steroid dienone is 2. The molecule has 1 atom stereocenters. The molecule has 0 saturated heterocycles. The number of nitrogens with zero attached hydrogens (tertiary/aromatic N) is 1. The molecular formula is C18H19ClN2S. The maximum atomic E-state index is 6.21. The second kappa shape index (κ2) is 6.73. The third-order valence-electron chi connectivity index (χ3n) is 4.06. The van der Waals surface area contributed by atoms with E-state index in [1.54, 1.807) is 0 Å². The molecule has 2 nitrogen and oxygen atoms in total. The van der Waals surface area contributed by atoms with Crippen molar-refractivity contribution >= 4 is 38.8 Å². The van der Waals surface area contributed by atoms with Crippen LogP contribution >= 0.6 is 22.9 Å². The van der Waals surface area contributed by atoms with Crippen molar-refractivity contribution in [3.63, 3.8) is 0 Å². The minimum absolute atomic E-state index is 0.537. The number of nitrogens with one attached hydrogen (secondary N) is 1. The zero-order valence-electron chi connectivity index (χ0n) is 12.9. The second-order valence-electron chi connectivity index (χ2n) is 5.52. The maximum Gasteiger partial charge on any atom is 0.131 e. The van der Waals surface area contributed by atoms with Crippen molar-refractivity contribution in [2.24, 2.45) is 0 Å². The van der Waals surface area contributed by atoms with Gasteiger partial charge in [-0.2, -0.15) is 0 Å². The van der Waals surface area contributed by atoms with Gasteiger partial charge in [0, 0.05) is 10.9 Å². The van der Waals surface area contributed by atoms with Gasteiger partial charge in [-0.3, -0.25) is 0 Å². The van der Waals surface area contributed by atoms with E-state index in [2.05, 4.69) is 41.2 Å². The molecule has 1 unspecified atom stereocenters. The number of pyridine rings is 1. The highest BCUT2D eigenvalue weighted by Gasteiger charge is 2.21. The maximum absolute atomic E-state index is 6.21. The van der Waals surface area contributed by atoms with Gasteiger partial charge in [0.15, 0.2) is 0 Å². The van der Waals surface area contributed by atoms with E-state index < -0.39 is 0 Å². The van der Waals surface area contributed by atoms with Gasteiger partial charge in [-0.25, -0.2) is 4.98 Å². The lowest BCUT2D eigenvalue weighted by Crippen LogP contribution is -2.00. The standard InChI is InChI=1S/C18H19ClN2S/c1-3-4-10-20-14-11-15(19)21-16-12(2)17(22-18(14)16)13-8-6-5-7-9-13/h5-6,11,13H,7-10H2,1-2H3,(H,20,21). The lowest BCUT2D eigenvalue weighted by molar-refractivity contribution is 0.624. The first-order chi connectivity index (χ1) is 10.7. The third kappa shape index (κ3) is 2.99. The smallest absolute Gasteiger partial charge is 0.131 e. The molecule has 1 N–H and O–H groups in total. The lowest BCUT2D eigenvalue weighted by atomic mass is 9.91. The van der Waals surface area contributed by atoms with Crippen molar-refractivity contribution < 1.29 is 0 Å². The van der Waals surface area contributed by atoms with Gasteiger partial charge in [-0.1, -0.05) is 29.7 Å². The minimum atomic E-state index is 0.537. The Morgan fingerprint density at radius 3 is 3.05 bits per heavy atom. The van der Waals surface area contributed by atoms with E-state index in [1.165, 1.54) is 28.0 Å². The largest absolute Gasteiger partial charge is 0.373 e. The summed E-state index contributed by atoms with van der Waals surface area (Å²) in [6.45, 7) is 4.65. The molecule has 114 valence electrons. The van der Waals surface area contributed by atoms with Gasteiger partial charge in [0.25, 0.3) is 0 Å². The van der Waals surface area contributed by atoms with Crippen LogP contribution in [0, 0.1) is 18.8 Å². The molecule has 4 heteroatoms. The number of halogens is 1. The lowest BCUT2D eigenvalue weighted by Gasteiger charge is -2.16. The van der Waals surface area contributed by atoms with Crippen LogP contribution in [-0.4, -0.2) is 11.5 Å². The quantitative estimate of drug-likeness (QED) is 0.455. The summed E-state index contributed by atoms with van der Waals surface area (Å²) in [5.74, 6) is 6.56. The molecule has 22 heavy (non-hydrogen) atoms. The Balaban J connectivity index is 2.05. The molecule has 0 spiro atoms. The average molecular weight is 331 g/mol. The van der Waals surface area contributed by atoms with Crippen LogP contribution in [0.25, 0.3) is 10.2 Å². The Labute approximate surface area is 140 Å². The molecular weight excluding hydrogens is 312 g/mol. The Bertz CT molecular complexity index is 780. The summed E-state index contributed by atoms with van der Waals surface area (Å²) in [7, 11) is 0. The summed E-state index contributed by atoms with van der Waals surface area (Å²) >= 11 is 8.07. The molecule has 3 rings (SSSR count). The summed E-state index contributed by atoms with van der Waals surface area (Å²) in [5.41, 5.74) is 3.37. The summed E-state index contributed by atoms with van der Waals surface area (Å²) in [6, 6.07) is 1.90. The average Bonchev–Trinajstić information content (AvgIpc) is 2.86. The Kier molecular flexibility index (Phi) is 4.71. The molecule has 1 aliphatic rings. The second-order valence-corrected chi connectivity index (χ2v) is 6.96. The molecule has 0 saturated carbocycles. The van der Waals surface area contributed by atoms with E-state index in [0.29, 0.717) is 17.6 Å². The fourth-order valence-electron chi connectivity index (χ4n) is 2.94. The molecule has 2 heterocycles. The number of thiophene rings is 1. The van der Waals surface area contributed by atoms with E-state index in [-0.39, 0.29) is 0 Å². The van der Waals surface area contributed by atoms with Crippen LogP contribution in [0.4, 0.5) is 5.69 Å². The van der Waals surface area contributed by atoms with Crippen molar-refractivity contribution in [2.75, 3.05) is 11.9 Å². The van der Waals surface area contributed by atoms with Crippen molar-refractivity contribution in [2.45, 2.75) is 39.0 Å². The molecule has 0 radical (unpaired) electrons. The van der Waals surface area contributed by atoms with Crippen LogP contribution in [0.15, 0.2) is 18.2 Å². The van der Waals surface area contributed by atoms with E-state index in [9.17, 15) is 0 Å². The van der Waals surface area contributed by atoms with Crippen LogP contribution in [0.3, 0.4) is 0 Å². The molecule has 0 bridgehead atoms. The molecule has 0 aliphatic heterocycles. The van der Waals surface area contributed by atoms with E-state index in [0.717, 1.165) is 17.6 Å². The fourth-order valence-corrected chi connectivity index (χ4v) is 4.52.